The molecule has 0 spiro atoms. The minimum Gasteiger partial charge on any atom is -0.333 e. The Morgan fingerprint density at radius 1 is 1.15 bits per heavy atom. The van der Waals surface area contributed by atoms with Crippen LogP contribution in [-0.4, -0.2) is 44.9 Å². The molecule has 0 aliphatic carbocycles. The molecule has 0 bridgehead atoms. The van der Waals surface area contributed by atoms with Gasteiger partial charge in [0, 0.05) is 36.9 Å². The van der Waals surface area contributed by atoms with Crippen molar-refractivity contribution in [1.82, 2.24) is 10.2 Å². The average Bonchev–Trinajstić information content (AvgIpc) is 2.62. The first-order valence-corrected chi connectivity index (χ1v) is 9.75. The number of carbonyl (C=O) groups excluding carboxylic acids is 1. The highest BCUT2D eigenvalue weighted by Crippen LogP contribution is 2.18. The van der Waals surface area contributed by atoms with Crippen molar-refractivity contribution in [3.8, 4) is 0 Å². The van der Waals surface area contributed by atoms with Crippen LogP contribution in [0.5, 0.6) is 0 Å². The van der Waals surface area contributed by atoms with Crippen LogP contribution in [0.4, 0.5) is 10.1 Å². The Kier molecular flexibility index (Phi) is 6.80. The number of benzene rings is 2. The number of halogens is 2. The Hall–Kier alpha value is -2.16. The van der Waals surface area contributed by atoms with Crippen LogP contribution >= 0.6 is 12.4 Å². The smallest absolute Gasteiger partial charge is 0.261 e. The molecule has 2 aromatic rings. The molecule has 2 N–H and O–H groups in total. The summed E-state index contributed by atoms with van der Waals surface area (Å²) in [6, 6.07) is 11.0. The molecular weight excluding hydrogens is 393 g/mol. The zero-order chi connectivity index (χ0) is 18.7. The number of anilines is 1. The normalized spacial score (nSPS) is 17.1. The third-order valence-electron chi connectivity index (χ3n) is 4.27. The molecule has 0 radical (unpaired) electrons. The zero-order valence-corrected chi connectivity index (χ0v) is 16.3. The first-order valence-electron chi connectivity index (χ1n) is 8.27. The summed E-state index contributed by atoms with van der Waals surface area (Å²) in [7, 11) is -3.81. The highest BCUT2D eigenvalue weighted by Gasteiger charge is 2.24. The maximum atomic E-state index is 12.9. The lowest BCUT2D eigenvalue weighted by molar-refractivity contribution is 0.0656. The number of hydrogen-bond acceptors (Lipinski definition) is 4. The predicted octanol–water partition coefficient (Wildman–Crippen LogP) is 2.48. The second kappa shape index (κ2) is 8.69. The van der Waals surface area contributed by atoms with Crippen LogP contribution in [-0.2, 0) is 10.0 Å². The molecule has 3 rings (SSSR count). The van der Waals surface area contributed by atoms with E-state index < -0.39 is 15.8 Å². The minimum atomic E-state index is -3.81. The van der Waals surface area contributed by atoms with Crippen molar-refractivity contribution in [3.63, 3.8) is 0 Å². The summed E-state index contributed by atoms with van der Waals surface area (Å²) in [5.41, 5.74) is 0.836. The van der Waals surface area contributed by atoms with Crippen LogP contribution in [0.15, 0.2) is 53.4 Å². The molecule has 1 aliphatic heterocycles. The summed E-state index contributed by atoms with van der Waals surface area (Å²) in [5.74, 6) is -0.583. The second-order valence-electron chi connectivity index (χ2n) is 6.19. The van der Waals surface area contributed by atoms with Crippen molar-refractivity contribution in [2.75, 3.05) is 24.4 Å². The van der Waals surface area contributed by atoms with E-state index in [0.29, 0.717) is 17.8 Å². The van der Waals surface area contributed by atoms with Crippen molar-refractivity contribution in [1.29, 1.82) is 0 Å². The van der Waals surface area contributed by atoms with Crippen molar-refractivity contribution >= 4 is 34.0 Å². The van der Waals surface area contributed by atoms with Crippen LogP contribution in [0.1, 0.15) is 17.3 Å². The van der Waals surface area contributed by atoms with Gasteiger partial charge in [-0.2, -0.15) is 0 Å². The highest BCUT2D eigenvalue weighted by molar-refractivity contribution is 7.92. The third-order valence-corrected chi connectivity index (χ3v) is 5.67. The van der Waals surface area contributed by atoms with E-state index in [-0.39, 0.29) is 29.3 Å². The molecule has 146 valence electrons. The number of nitrogens with zero attached hydrogens (tertiary/aromatic N) is 1. The zero-order valence-electron chi connectivity index (χ0n) is 14.7. The van der Waals surface area contributed by atoms with Gasteiger partial charge in [0.05, 0.1) is 4.90 Å². The fourth-order valence-corrected chi connectivity index (χ4v) is 3.88. The standard InChI is InChI=1S/C18H20FN3O3S.ClH/c1-13-12-20-10-11-22(13)18(23)14-2-6-16(7-3-14)21-26(24,25)17-8-4-15(19)5-9-17;/h2-9,13,20-21H,10-12H2,1H3;1H/t13-;/m1./s1. The van der Waals surface area contributed by atoms with Gasteiger partial charge in [0.25, 0.3) is 15.9 Å². The number of piperazine rings is 1. The second-order valence-corrected chi connectivity index (χ2v) is 7.87. The molecule has 1 atom stereocenters. The maximum absolute atomic E-state index is 12.9. The Labute approximate surface area is 164 Å². The Bertz CT molecular complexity index is 889. The lowest BCUT2D eigenvalue weighted by Crippen LogP contribution is -2.52. The molecule has 2 aromatic carbocycles. The largest absolute Gasteiger partial charge is 0.333 e. The van der Waals surface area contributed by atoms with E-state index in [4.69, 9.17) is 0 Å². The van der Waals surface area contributed by atoms with E-state index in [9.17, 15) is 17.6 Å². The van der Waals surface area contributed by atoms with Crippen LogP contribution in [0.2, 0.25) is 0 Å². The molecule has 27 heavy (non-hydrogen) atoms. The van der Waals surface area contributed by atoms with E-state index in [1.54, 1.807) is 29.2 Å². The van der Waals surface area contributed by atoms with E-state index >= 15 is 0 Å². The molecule has 0 aromatic heterocycles. The molecule has 6 nitrogen and oxygen atoms in total. The number of amides is 1. The average molecular weight is 414 g/mol. The van der Waals surface area contributed by atoms with Gasteiger partial charge in [0.15, 0.2) is 0 Å². The van der Waals surface area contributed by atoms with E-state index in [0.717, 1.165) is 25.2 Å². The molecule has 9 heteroatoms. The Morgan fingerprint density at radius 3 is 2.37 bits per heavy atom. The number of rotatable bonds is 4. The molecule has 1 amide bonds. The van der Waals surface area contributed by atoms with Gasteiger partial charge in [-0.1, -0.05) is 0 Å². The van der Waals surface area contributed by atoms with Crippen LogP contribution < -0.4 is 10.0 Å². The Morgan fingerprint density at radius 2 is 1.78 bits per heavy atom. The first-order chi connectivity index (χ1) is 12.4. The monoisotopic (exact) mass is 413 g/mol. The van der Waals surface area contributed by atoms with Gasteiger partial charge in [-0.15, -0.1) is 12.4 Å². The topological polar surface area (TPSA) is 78.5 Å². The third kappa shape index (κ3) is 4.97. The van der Waals surface area contributed by atoms with Gasteiger partial charge >= 0.3 is 0 Å². The number of hydrogen-bond donors (Lipinski definition) is 2. The summed E-state index contributed by atoms with van der Waals surface area (Å²) in [6.45, 7) is 4.13. The lowest BCUT2D eigenvalue weighted by atomic mass is 10.1. The quantitative estimate of drug-likeness (QED) is 0.807. The number of carbonyl (C=O) groups is 1. The summed E-state index contributed by atoms with van der Waals surface area (Å²) in [6.07, 6.45) is 0. The number of sulfonamides is 1. The van der Waals surface area contributed by atoms with E-state index in [1.807, 2.05) is 6.92 Å². The summed E-state index contributed by atoms with van der Waals surface area (Å²) >= 11 is 0. The summed E-state index contributed by atoms with van der Waals surface area (Å²) < 4.78 is 40.0. The molecule has 1 fully saturated rings. The molecule has 0 unspecified atom stereocenters. The predicted molar refractivity (Wildman–Crippen MR) is 104 cm³/mol. The number of nitrogens with one attached hydrogen (secondary N) is 2. The fraction of sp³-hybridized carbons (Fsp3) is 0.278. The van der Waals surface area contributed by atoms with Gasteiger partial charge < -0.3 is 10.2 Å². The Balaban J connectivity index is 0.00000261. The van der Waals surface area contributed by atoms with Crippen LogP contribution in [0.25, 0.3) is 0 Å². The van der Waals surface area contributed by atoms with Crippen LogP contribution in [0, 0.1) is 5.82 Å². The molecule has 0 saturated carbocycles. The van der Waals surface area contributed by atoms with E-state index in [1.165, 1.54) is 12.1 Å². The van der Waals surface area contributed by atoms with Crippen LogP contribution in [0.3, 0.4) is 0 Å². The van der Waals surface area contributed by atoms with Gasteiger partial charge in [-0.05, 0) is 55.5 Å². The molecule has 1 aliphatic rings. The SMILES string of the molecule is C[C@@H]1CNCCN1C(=O)c1ccc(NS(=O)(=O)c2ccc(F)cc2)cc1.Cl. The maximum Gasteiger partial charge on any atom is 0.261 e. The van der Waals surface area contributed by atoms with Gasteiger partial charge in [-0.25, -0.2) is 12.8 Å². The van der Waals surface area contributed by atoms with Crippen molar-refractivity contribution in [2.24, 2.45) is 0 Å². The lowest BCUT2D eigenvalue weighted by Gasteiger charge is -2.34. The van der Waals surface area contributed by atoms with E-state index in [2.05, 4.69) is 10.0 Å². The molecule has 1 saturated heterocycles. The van der Waals surface area contributed by atoms with Crippen molar-refractivity contribution in [3.05, 3.63) is 59.9 Å². The van der Waals surface area contributed by atoms with Crippen molar-refractivity contribution in [2.45, 2.75) is 17.9 Å². The summed E-state index contributed by atoms with van der Waals surface area (Å²) in [4.78, 5) is 14.4. The summed E-state index contributed by atoms with van der Waals surface area (Å²) in [5, 5.41) is 3.23. The van der Waals surface area contributed by atoms with Gasteiger partial charge in [0.2, 0.25) is 0 Å². The molecular formula is C18H21ClFN3O3S. The van der Waals surface area contributed by atoms with Crippen molar-refractivity contribution < 1.29 is 17.6 Å². The fourth-order valence-electron chi connectivity index (χ4n) is 2.82. The van der Waals surface area contributed by atoms with Gasteiger partial charge in [0.1, 0.15) is 5.82 Å². The van der Waals surface area contributed by atoms with Gasteiger partial charge in [-0.3, -0.25) is 9.52 Å². The first kappa shape index (κ1) is 21.1. The highest BCUT2D eigenvalue weighted by atomic mass is 35.5. The minimum absolute atomic E-state index is 0. The molecule has 1 heterocycles.